The lowest BCUT2D eigenvalue weighted by atomic mass is 10.1. The molecule has 0 aliphatic rings. The van der Waals surface area contributed by atoms with Crippen molar-refractivity contribution in [3.8, 4) is 6.07 Å². The highest BCUT2D eigenvalue weighted by Crippen LogP contribution is 2.18. The predicted molar refractivity (Wildman–Crippen MR) is 62.8 cm³/mol. The summed E-state index contributed by atoms with van der Waals surface area (Å²) in [5.74, 6) is 0. The van der Waals surface area contributed by atoms with E-state index in [9.17, 15) is 0 Å². The zero-order valence-electron chi connectivity index (χ0n) is 9.13. The van der Waals surface area contributed by atoms with Crippen LogP contribution in [0.5, 0.6) is 0 Å². The van der Waals surface area contributed by atoms with E-state index in [4.69, 9.17) is 16.9 Å². The smallest absolute Gasteiger partial charge is 0.0635 e. The summed E-state index contributed by atoms with van der Waals surface area (Å²) < 4.78 is 0. The Morgan fingerprint density at radius 2 is 2.20 bits per heavy atom. The zero-order valence-corrected chi connectivity index (χ0v) is 9.88. The first-order valence-corrected chi connectivity index (χ1v) is 5.32. The summed E-state index contributed by atoms with van der Waals surface area (Å²) >= 11 is 6.12. The summed E-state index contributed by atoms with van der Waals surface area (Å²) in [6.45, 7) is 3.59. The molecule has 0 fully saturated rings. The van der Waals surface area contributed by atoms with Crippen molar-refractivity contribution in [1.82, 2.24) is 4.90 Å². The topological polar surface area (TPSA) is 27.0 Å². The van der Waals surface area contributed by atoms with Gasteiger partial charge in [0.05, 0.1) is 6.07 Å². The van der Waals surface area contributed by atoms with Gasteiger partial charge in [0.2, 0.25) is 0 Å². The van der Waals surface area contributed by atoms with Gasteiger partial charge in [0.15, 0.2) is 0 Å². The summed E-state index contributed by atoms with van der Waals surface area (Å²) in [6.07, 6.45) is 0.556. The van der Waals surface area contributed by atoms with Crippen LogP contribution in [0.25, 0.3) is 0 Å². The molecule has 1 aromatic rings. The van der Waals surface area contributed by atoms with E-state index < -0.39 is 0 Å². The molecule has 0 amide bonds. The van der Waals surface area contributed by atoms with E-state index in [1.165, 1.54) is 5.56 Å². The Morgan fingerprint density at radius 3 is 2.80 bits per heavy atom. The van der Waals surface area contributed by atoms with Gasteiger partial charge in [0.1, 0.15) is 0 Å². The largest absolute Gasteiger partial charge is 0.301 e. The lowest BCUT2D eigenvalue weighted by Gasteiger charge is -2.15. The maximum Gasteiger partial charge on any atom is 0.0635 e. The second kappa shape index (κ2) is 5.75. The van der Waals surface area contributed by atoms with Gasteiger partial charge in [-0.2, -0.15) is 5.26 Å². The molecule has 0 aromatic heterocycles. The number of benzene rings is 1. The number of aryl methyl sites for hydroxylation is 1. The molecule has 3 heteroatoms. The lowest BCUT2D eigenvalue weighted by Crippen LogP contribution is -2.18. The number of nitrogens with zero attached hydrogens (tertiary/aromatic N) is 2. The van der Waals surface area contributed by atoms with E-state index in [0.717, 1.165) is 23.7 Å². The van der Waals surface area contributed by atoms with Crippen molar-refractivity contribution in [2.75, 3.05) is 13.6 Å². The third-order valence-corrected chi connectivity index (χ3v) is 2.61. The first-order valence-electron chi connectivity index (χ1n) is 4.94. The van der Waals surface area contributed by atoms with E-state index in [1.54, 1.807) is 0 Å². The first-order chi connectivity index (χ1) is 7.13. The van der Waals surface area contributed by atoms with Gasteiger partial charge in [-0.25, -0.2) is 0 Å². The summed E-state index contributed by atoms with van der Waals surface area (Å²) in [6, 6.07) is 8.20. The summed E-state index contributed by atoms with van der Waals surface area (Å²) in [4.78, 5) is 2.10. The van der Waals surface area contributed by atoms with Crippen molar-refractivity contribution in [1.29, 1.82) is 5.26 Å². The minimum absolute atomic E-state index is 0.556. The fourth-order valence-corrected chi connectivity index (χ4v) is 1.69. The number of halogens is 1. The zero-order chi connectivity index (χ0) is 11.3. The van der Waals surface area contributed by atoms with Gasteiger partial charge in [-0.1, -0.05) is 23.7 Å². The third-order valence-electron chi connectivity index (χ3n) is 2.25. The summed E-state index contributed by atoms with van der Waals surface area (Å²) in [5.41, 5.74) is 2.28. The Kier molecular flexibility index (Phi) is 4.61. The van der Waals surface area contributed by atoms with Crippen LogP contribution in [0.1, 0.15) is 17.5 Å². The van der Waals surface area contributed by atoms with Gasteiger partial charge in [-0.15, -0.1) is 0 Å². The van der Waals surface area contributed by atoms with Crippen molar-refractivity contribution in [3.63, 3.8) is 0 Å². The molecule has 0 radical (unpaired) electrons. The van der Waals surface area contributed by atoms with E-state index in [-0.39, 0.29) is 0 Å². The summed E-state index contributed by atoms with van der Waals surface area (Å²) in [7, 11) is 1.99. The van der Waals surface area contributed by atoms with Crippen LogP contribution in [-0.2, 0) is 6.54 Å². The molecule has 0 unspecified atom stereocenters. The molecule has 0 saturated heterocycles. The molecule has 0 heterocycles. The third kappa shape index (κ3) is 3.91. The van der Waals surface area contributed by atoms with Crippen LogP contribution in [0.4, 0.5) is 0 Å². The minimum atomic E-state index is 0.556. The molecular formula is C12H15ClN2. The molecule has 0 saturated carbocycles. The Labute approximate surface area is 96.1 Å². The van der Waals surface area contributed by atoms with E-state index in [0.29, 0.717) is 6.42 Å². The molecular weight excluding hydrogens is 208 g/mol. The standard InChI is InChI=1S/C12H15ClN2/c1-10-4-5-11(12(13)8-10)9-15(2)7-3-6-14/h4-5,8H,3,7,9H2,1-2H3. The molecule has 0 aliphatic heterocycles. The fourth-order valence-electron chi connectivity index (χ4n) is 1.39. The van der Waals surface area contributed by atoms with E-state index >= 15 is 0 Å². The van der Waals surface area contributed by atoms with Gasteiger partial charge < -0.3 is 4.90 Å². The van der Waals surface area contributed by atoms with Gasteiger partial charge in [0.25, 0.3) is 0 Å². The molecule has 1 rings (SSSR count). The van der Waals surface area contributed by atoms with Crippen molar-refractivity contribution < 1.29 is 0 Å². The molecule has 80 valence electrons. The Hall–Kier alpha value is -1.04. The van der Waals surface area contributed by atoms with Crippen molar-refractivity contribution in [3.05, 3.63) is 34.3 Å². The SMILES string of the molecule is Cc1ccc(CN(C)CCC#N)c(Cl)c1. The quantitative estimate of drug-likeness (QED) is 0.783. The minimum Gasteiger partial charge on any atom is -0.301 e. The second-order valence-corrected chi connectivity index (χ2v) is 4.15. The normalized spacial score (nSPS) is 10.3. The molecule has 0 aliphatic carbocycles. The summed E-state index contributed by atoms with van der Waals surface area (Å²) in [5, 5.41) is 9.27. The molecule has 0 bridgehead atoms. The highest BCUT2D eigenvalue weighted by molar-refractivity contribution is 6.31. The number of rotatable bonds is 4. The van der Waals surface area contributed by atoms with Crippen LogP contribution in [0.2, 0.25) is 5.02 Å². The fraction of sp³-hybridized carbons (Fsp3) is 0.417. The maximum atomic E-state index is 8.47. The number of hydrogen-bond donors (Lipinski definition) is 0. The van der Waals surface area contributed by atoms with Crippen molar-refractivity contribution >= 4 is 11.6 Å². The average Bonchev–Trinajstić information content (AvgIpc) is 2.19. The lowest BCUT2D eigenvalue weighted by molar-refractivity contribution is 0.335. The maximum absolute atomic E-state index is 8.47. The van der Waals surface area contributed by atoms with Gasteiger partial charge in [0, 0.05) is 24.5 Å². The number of hydrogen-bond acceptors (Lipinski definition) is 2. The monoisotopic (exact) mass is 222 g/mol. The molecule has 1 aromatic carbocycles. The first kappa shape index (κ1) is 12.0. The highest BCUT2D eigenvalue weighted by atomic mass is 35.5. The van der Waals surface area contributed by atoms with Crippen LogP contribution >= 0.6 is 11.6 Å². The molecule has 15 heavy (non-hydrogen) atoms. The van der Waals surface area contributed by atoms with Gasteiger partial charge in [-0.05, 0) is 31.2 Å². The Morgan fingerprint density at radius 1 is 1.47 bits per heavy atom. The highest BCUT2D eigenvalue weighted by Gasteiger charge is 2.04. The number of nitriles is 1. The Balaban J connectivity index is 2.61. The van der Waals surface area contributed by atoms with Crippen LogP contribution in [0, 0.1) is 18.3 Å². The molecule has 0 atom stereocenters. The van der Waals surface area contributed by atoms with E-state index in [1.807, 2.05) is 26.1 Å². The van der Waals surface area contributed by atoms with Crippen LogP contribution < -0.4 is 0 Å². The van der Waals surface area contributed by atoms with Crippen molar-refractivity contribution in [2.45, 2.75) is 19.9 Å². The van der Waals surface area contributed by atoms with Crippen LogP contribution in [0.3, 0.4) is 0 Å². The predicted octanol–water partition coefficient (Wildman–Crippen LogP) is 2.99. The van der Waals surface area contributed by atoms with E-state index in [2.05, 4.69) is 17.0 Å². The van der Waals surface area contributed by atoms with Crippen LogP contribution in [-0.4, -0.2) is 18.5 Å². The second-order valence-electron chi connectivity index (χ2n) is 3.74. The average molecular weight is 223 g/mol. The Bertz CT molecular complexity index is 368. The van der Waals surface area contributed by atoms with Gasteiger partial charge in [-0.3, -0.25) is 0 Å². The van der Waals surface area contributed by atoms with Crippen LogP contribution in [0.15, 0.2) is 18.2 Å². The molecule has 0 spiro atoms. The molecule has 0 N–H and O–H groups in total. The van der Waals surface area contributed by atoms with Crippen molar-refractivity contribution in [2.24, 2.45) is 0 Å². The van der Waals surface area contributed by atoms with Gasteiger partial charge >= 0.3 is 0 Å². The molecule has 2 nitrogen and oxygen atoms in total.